The molecule has 0 aromatic heterocycles. The highest BCUT2D eigenvalue weighted by atomic mass is 79.9. The molecule has 2 aromatic carbocycles. The average molecular weight is 315 g/mol. The van der Waals surface area contributed by atoms with E-state index in [-0.39, 0.29) is 5.91 Å². The first-order valence-electron chi connectivity index (χ1n) is 5.68. The number of anilines is 1. The predicted octanol–water partition coefficient (Wildman–Crippen LogP) is 3.88. The fraction of sp³-hybridized carbons (Fsp3) is 0.0667. The van der Waals surface area contributed by atoms with E-state index < -0.39 is 0 Å². The van der Waals surface area contributed by atoms with Gasteiger partial charge in [-0.1, -0.05) is 22.0 Å². The Labute approximate surface area is 120 Å². The number of hydrogen-bond donors (Lipinski definition) is 1. The molecule has 2 rings (SSSR count). The fourth-order valence-corrected chi connectivity index (χ4v) is 2.03. The van der Waals surface area contributed by atoms with Crippen molar-refractivity contribution >= 4 is 27.5 Å². The number of carbonyl (C=O) groups is 1. The zero-order valence-corrected chi connectivity index (χ0v) is 11.9. The second kappa shape index (κ2) is 5.68. The van der Waals surface area contributed by atoms with Crippen LogP contribution < -0.4 is 5.32 Å². The lowest BCUT2D eigenvalue weighted by Crippen LogP contribution is -2.13. The highest BCUT2D eigenvalue weighted by Crippen LogP contribution is 2.18. The van der Waals surface area contributed by atoms with Gasteiger partial charge in [-0.2, -0.15) is 5.26 Å². The molecule has 2 aromatic rings. The van der Waals surface area contributed by atoms with Crippen LogP contribution >= 0.6 is 15.9 Å². The summed E-state index contributed by atoms with van der Waals surface area (Å²) in [5.74, 6) is -0.163. The maximum Gasteiger partial charge on any atom is 0.255 e. The van der Waals surface area contributed by atoms with Crippen LogP contribution in [-0.2, 0) is 0 Å². The highest BCUT2D eigenvalue weighted by molar-refractivity contribution is 9.10. The summed E-state index contributed by atoms with van der Waals surface area (Å²) in [6.45, 7) is 1.89. The third-order valence-corrected chi connectivity index (χ3v) is 3.21. The molecule has 0 unspecified atom stereocenters. The van der Waals surface area contributed by atoms with Crippen molar-refractivity contribution in [1.29, 1.82) is 5.26 Å². The molecule has 0 saturated heterocycles. The van der Waals surface area contributed by atoms with Gasteiger partial charge < -0.3 is 5.32 Å². The summed E-state index contributed by atoms with van der Waals surface area (Å²) in [6, 6.07) is 14.4. The third-order valence-electron chi connectivity index (χ3n) is 2.72. The van der Waals surface area contributed by atoms with Gasteiger partial charge in [-0.25, -0.2) is 0 Å². The summed E-state index contributed by atoms with van der Waals surface area (Å²) < 4.78 is 0.864. The molecule has 0 saturated carbocycles. The van der Waals surface area contributed by atoms with E-state index in [0.717, 1.165) is 10.0 Å². The van der Waals surface area contributed by atoms with Gasteiger partial charge in [0, 0.05) is 15.7 Å². The molecule has 0 radical (unpaired) electrons. The Bertz CT molecular complexity index is 657. The summed E-state index contributed by atoms with van der Waals surface area (Å²) in [5.41, 5.74) is 2.77. The van der Waals surface area contributed by atoms with Crippen LogP contribution in [0.4, 0.5) is 5.69 Å². The van der Waals surface area contributed by atoms with Crippen LogP contribution in [0.25, 0.3) is 0 Å². The van der Waals surface area contributed by atoms with Crippen molar-refractivity contribution in [3.05, 3.63) is 63.6 Å². The van der Waals surface area contributed by atoms with Gasteiger partial charge in [-0.3, -0.25) is 4.79 Å². The number of nitrogens with one attached hydrogen (secondary N) is 1. The van der Waals surface area contributed by atoms with Crippen molar-refractivity contribution in [3.8, 4) is 6.07 Å². The van der Waals surface area contributed by atoms with Gasteiger partial charge in [0.05, 0.1) is 11.6 Å². The average Bonchev–Trinajstić information content (AvgIpc) is 2.42. The van der Waals surface area contributed by atoms with E-state index in [2.05, 4.69) is 21.2 Å². The lowest BCUT2D eigenvalue weighted by Gasteiger charge is -2.08. The largest absolute Gasteiger partial charge is 0.322 e. The van der Waals surface area contributed by atoms with E-state index in [9.17, 15) is 4.79 Å². The summed E-state index contributed by atoms with van der Waals surface area (Å²) in [5, 5.41) is 11.5. The van der Waals surface area contributed by atoms with Gasteiger partial charge in [-0.15, -0.1) is 0 Å². The van der Waals surface area contributed by atoms with Crippen LogP contribution in [0.15, 0.2) is 46.9 Å². The molecule has 3 nitrogen and oxygen atoms in total. The van der Waals surface area contributed by atoms with Crippen molar-refractivity contribution < 1.29 is 4.79 Å². The molecule has 19 heavy (non-hydrogen) atoms. The molecule has 4 heteroatoms. The van der Waals surface area contributed by atoms with E-state index in [1.54, 1.807) is 30.3 Å². The molecule has 0 heterocycles. The fourth-order valence-electron chi connectivity index (χ4n) is 1.67. The Balaban J connectivity index is 2.21. The second-order valence-corrected chi connectivity index (χ2v) is 5.02. The van der Waals surface area contributed by atoms with Crippen molar-refractivity contribution in [1.82, 2.24) is 0 Å². The van der Waals surface area contributed by atoms with Crippen molar-refractivity contribution in [2.75, 3.05) is 5.32 Å². The van der Waals surface area contributed by atoms with Crippen LogP contribution in [0.3, 0.4) is 0 Å². The summed E-state index contributed by atoms with van der Waals surface area (Å²) in [4.78, 5) is 12.1. The molecule has 0 aliphatic carbocycles. The first-order chi connectivity index (χ1) is 9.10. The number of rotatable bonds is 2. The van der Waals surface area contributed by atoms with E-state index in [4.69, 9.17) is 5.26 Å². The Morgan fingerprint density at radius 1 is 1.21 bits per heavy atom. The minimum atomic E-state index is -0.163. The molecular weight excluding hydrogens is 304 g/mol. The van der Waals surface area contributed by atoms with Crippen LogP contribution in [-0.4, -0.2) is 5.91 Å². The SMILES string of the molecule is Cc1ccc(Br)cc1C(=O)Nc1ccc(C#N)cc1. The highest BCUT2D eigenvalue weighted by Gasteiger charge is 2.09. The Morgan fingerprint density at radius 3 is 2.53 bits per heavy atom. The monoisotopic (exact) mass is 314 g/mol. The minimum Gasteiger partial charge on any atom is -0.322 e. The molecule has 1 N–H and O–H groups in total. The van der Waals surface area contributed by atoms with E-state index in [1.807, 2.05) is 25.1 Å². The van der Waals surface area contributed by atoms with Gasteiger partial charge in [0.25, 0.3) is 5.91 Å². The normalized spacial score (nSPS) is 9.74. The minimum absolute atomic E-state index is 0.163. The van der Waals surface area contributed by atoms with Crippen molar-refractivity contribution in [2.45, 2.75) is 6.92 Å². The maximum atomic E-state index is 12.1. The van der Waals surface area contributed by atoms with Crippen molar-refractivity contribution in [3.63, 3.8) is 0 Å². The molecule has 0 bridgehead atoms. The quantitative estimate of drug-likeness (QED) is 0.914. The lowest BCUT2D eigenvalue weighted by molar-refractivity contribution is 0.102. The van der Waals surface area contributed by atoms with Crippen LogP contribution in [0.1, 0.15) is 21.5 Å². The third kappa shape index (κ3) is 3.21. The van der Waals surface area contributed by atoms with Gasteiger partial charge in [0.1, 0.15) is 0 Å². The Hall–Kier alpha value is -2.12. The first kappa shape index (κ1) is 13.3. The molecule has 0 atom stereocenters. The number of carbonyl (C=O) groups excluding carboxylic acids is 1. The molecular formula is C15H11BrN2O. The number of benzene rings is 2. The molecule has 0 aliphatic rings. The van der Waals surface area contributed by atoms with Crippen LogP contribution in [0.2, 0.25) is 0 Å². The standard InChI is InChI=1S/C15H11BrN2O/c1-10-2-5-12(16)8-14(10)15(19)18-13-6-3-11(9-17)4-7-13/h2-8H,1H3,(H,18,19). The zero-order valence-electron chi connectivity index (χ0n) is 10.3. The van der Waals surface area contributed by atoms with Crippen LogP contribution in [0.5, 0.6) is 0 Å². The first-order valence-corrected chi connectivity index (χ1v) is 6.47. The predicted molar refractivity (Wildman–Crippen MR) is 78.0 cm³/mol. The number of nitrogens with zero attached hydrogens (tertiary/aromatic N) is 1. The number of nitriles is 1. The second-order valence-electron chi connectivity index (χ2n) is 4.10. The molecule has 0 spiro atoms. The van der Waals surface area contributed by atoms with E-state index in [0.29, 0.717) is 16.8 Å². The lowest BCUT2D eigenvalue weighted by atomic mass is 10.1. The topological polar surface area (TPSA) is 52.9 Å². The molecule has 94 valence electrons. The van der Waals surface area contributed by atoms with Gasteiger partial charge >= 0.3 is 0 Å². The van der Waals surface area contributed by atoms with E-state index in [1.165, 1.54) is 0 Å². The summed E-state index contributed by atoms with van der Waals surface area (Å²) in [7, 11) is 0. The number of halogens is 1. The smallest absolute Gasteiger partial charge is 0.255 e. The maximum absolute atomic E-state index is 12.1. The number of hydrogen-bond acceptors (Lipinski definition) is 2. The molecule has 0 fully saturated rings. The van der Waals surface area contributed by atoms with Gasteiger partial charge in [0.2, 0.25) is 0 Å². The Kier molecular flexibility index (Phi) is 3.98. The zero-order chi connectivity index (χ0) is 13.8. The van der Waals surface area contributed by atoms with Gasteiger partial charge in [0.15, 0.2) is 0 Å². The number of aryl methyl sites for hydroxylation is 1. The summed E-state index contributed by atoms with van der Waals surface area (Å²) in [6.07, 6.45) is 0. The number of amides is 1. The van der Waals surface area contributed by atoms with Gasteiger partial charge in [-0.05, 0) is 48.9 Å². The molecule has 0 aliphatic heterocycles. The van der Waals surface area contributed by atoms with E-state index >= 15 is 0 Å². The van der Waals surface area contributed by atoms with Crippen LogP contribution in [0, 0.1) is 18.3 Å². The summed E-state index contributed by atoms with van der Waals surface area (Å²) >= 11 is 3.35. The molecule has 1 amide bonds. The van der Waals surface area contributed by atoms with Crippen molar-refractivity contribution in [2.24, 2.45) is 0 Å². The Morgan fingerprint density at radius 2 is 1.89 bits per heavy atom.